The average Bonchev–Trinajstić information content (AvgIpc) is 2.56. The lowest BCUT2D eigenvalue weighted by Crippen LogP contribution is -2.44. The monoisotopic (exact) mass is 315 g/mol. The van der Waals surface area contributed by atoms with Crippen molar-refractivity contribution in [2.24, 2.45) is 0 Å². The van der Waals surface area contributed by atoms with Gasteiger partial charge in [-0.1, -0.05) is 30.0 Å². The van der Waals surface area contributed by atoms with Gasteiger partial charge in [0.15, 0.2) is 0 Å². The van der Waals surface area contributed by atoms with Crippen molar-refractivity contribution in [3.8, 4) is 0 Å². The molecule has 0 saturated carbocycles. The van der Waals surface area contributed by atoms with Gasteiger partial charge in [-0.25, -0.2) is 4.98 Å². The lowest BCUT2D eigenvalue weighted by molar-refractivity contribution is 0.279. The third-order valence-electron chi connectivity index (χ3n) is 3.94. The summed E-state index contributed by atoms with van der Waals surface area (Å²) in [6, 6.07) is 12.1. The van der Waals surface area contributed by atoms with Gasteiger partial charge in [0.05, 0.1) is 6.61 Å². The Hall–Kier alpha value is -1.56. The minimum atomic E-state index is 0.0569. The summed E-state index contributed by atoms with van der Waals surface area (Å²) < 4.78 is 0. The number of anilines is 1. The summed E-state index contributed by atoms with van der Waals surface area (Å²) in [5, 5.41) is 10.4. The Morgan fingerprint density at radius 1 is 1.14 bits per heavy atom. The van der Waals surface area contributed by atoms with Crippen LogP contribution in [0.15, 0.2) is 52.5 Å². The highest BCUT2D eigenvalue weighted by molar-refractivity contribution is 7.99. The van der Waals surface area contributed by atoms with Gasteiger partial charge < -0.3 is 14.9 Å². The zero-order valence-electron chi connectivity index (χ0n) is 12.8. The molecule has 1 aromatic carbocycles. The number of nitrogens with zero attached hydrogens (tertiary/aromatic N) is 3. The fourth-order valence-corrected chi connectivity index (χ4v) is 3.49. The second-order valence-corrected chi connectivity index (χ2v) is 6.57. The van der Waals surface area contributed by atoms with E-state index in [9.17, 15) is 5.11 Å². The molecule has 0 amide bonds. The summed E-state index contributed by atoms with van der Waals surface area (Å²) in [5.74, 6) is 0. The van der Waals surface area contributed by atoms with Gasteiger partial charge in [-0.2, -0.15) is 0 Å². The Labute approximate surface area is 135 Å². The molecule has 0 radical (unpaired) electrons. The molecule has 1 N–H and O–H groups in total. The van der Waals surface area contributed by atoms with E-state index in [1.54, 1.807) is 11.8 Å². The molecule has 0 bridgehead atoms. The molecule has 5 heteroatoms. The first kappa shape index (κ1) is 15.3. The van der Waals surface area contributed by atoms with Gasteiger partial charge in [0.1, 0.15) is 5.03 Å². The molecule has 3 rings (SSSR count). The maximum atomic E-state index is 9.43. The number of hydrogen-bond donors (Lipinski definition) is 1. The van der Waals surface area contributed by atoms with Crippen LogP contribution in [0.5, 0.6) is 0 Å². The van der Waals surface area contributed by atoms with E-state index in [1.165, 1.54) is 5.69 Å². The number of aliphatic hydroxyl groups is 1. The summed E-state index contributed by atoms with van der Waals surface area (Å²) in [6.45, 7) is 4.35. The molecule has 1 saturated heterocycles. The smallest absolute Gasteiger partial charge is 0.103 e. The number of likely N-dealkylation sites (N-methyl/N-ethyl adjacent to an activating group) is 1. The number of aliphatic hydroxyl groups excluding tert-OH is 1. The van der Waals surface area contributed by atoms with E-state index in [1.807, 2.05) is 30.5 Å². The molecule has 0 atom stereocenters. The van der Waals surface area contributed by atoms with Crippen molar-refractivity contribution < 1.29 is 5.11 Å². The van der Waals surface area contributed by atoms with Crippen molar-refractivity contribution in [3.63, 3.8) is 0 Å². The normalized spacial score (nSPS) is 16.0. The van der Waals surface area contributed by atoms with Gasteiger partial charge in [-0.05, 0) is 30.8 Å². The van der Waals surface area contributed by atoms with E-state index in [0.717, 1.165) is 41.7 Å². The highest BCUT2D eigenvalue weighted by atomic mass is 32.2. The van der Waals surface area contributed by atoms with E-state index in [-0.39, 0.29) is 6.61 Å². The van der Waals surface area contributed by atoms with Gasteiger partial charge in [-0.3, -0.25) is 0 Å². The second kappa shape index (κ2) is 7.13. The van der Waals surface area contributed by atoms with E-state index < -0.39 is 0 Å². The Kier molecular flexibility index (Phi) is 4.97. The van der Waals surface area contributed by atoms with Crippen molar-refractivity contribution in [1.29, 1.82) is 0 Å². The van der Waals surface area contributed by atoms with Crippen LogP contribution in [-0.2, 0) is 6.61 Å². The number of rotatable bonds is 4. The third-order valence-corrected chi connectivity index (χ3v) is 4.99. The molecule has 0 unspecified atom stereocenters. The van der Waals surface area contributed by atoms with E-state index in [2.05, 4.69) is 34.0 Å². The van der Waals surface area contributed by atoms with E-state index in [4.69, 9.17) is 0 Å². The lowest BCUT2D eigenvalue weighted by Gasteiger charge is -2.34. The molecule has 0 aliphatic carbocycles. The zero-order chi connectivity index (χ0) is 15.4. The highest BCUT2D eigenvalue weighted by Gasteiger charge is 2.15. The summed E-state index contributed by atoms with van der Waals surface area (Å²) in [6.07, 6.45) is 1.87. The van der Waals surface area contributed by atoms with Crippen LogP contribution in [0.25, 0.3) is 0 Å². The van der Waals surface area contributed by atoms with Gasteiger partial charge in [0, 0.05) is 43.0 Å². The van der Waals surface area contributed by atoms with Crippen LogP contribution in [0, 0.1) is 0 Å². The second-order valence-electron chi connectivity index (χ2n) is 5.51. The van der Waals surface area contributed by atoms with Crippen molar-refractivity contribution in [2.75, 3.05) is 38.1 Å². The van der Waals surface area contributed by atoms with Crippen molar-refractivity contribution in [3.05, 3.63) is 48.2 Å². The van der Waals surface area contributed by atoms with Crippen LogP contribution in [0.1, 0.15) is 5.56 Å². The SMILES string of the molecule is CN1CCN(c2ccnc(Sc3ccccc3CO)c2)CC1. The molecule has 0 spiro atoms. The lowest BCUT2D eigenvalue weighted by atomic mass is 10.2. The summed E-state index contributed by atoms with van der Waals surface area (Å²) in [4.78, 5) is 10.3. The van der Waals surface area contributed by atoms with Crippen LogP contribution in [-0.4, -0.2) is 48.2 Å². The number of benzene rings is 1. The molecule has 1 fully saturated rings. The van der Waals surface area contributed by atoms with Crippen LogP contribution in [0.3, 0.4) is 0 Å². The largest absolute Gasteiger partial charge is 0.392 e. The quantitative estimate of drug-likeness (QED) is 0.938. The maximum absolute atomic E-state index is 9.43. The van der Waals surface area contributed by atoms with Gasteiger partial charge >= 0.3 is 0 Å². The fourth-order valence-electron chi connectivity index (χ4n) is 2.56. The standard InChI is InChI=1S/C17H21N3OS/c1-19-8-10-20(11-9-19)15-6-7-18-17(12-15)22-16-5-3-2-4-14(16)13-21/h2-7,12,21H,8-11,13H2,1H3. The van der Waals surface area contributed by atoms with Crippen molar-refractivity contribution >= 4 is 17.4 Å². The number of piperazine rings is 1. The van der Waals surface area contributed by atoms with Crippen molar-refractivity contribution in [2.45, 2.75) is 16.5 Å². The molecular weight excluding hydrogens is 294 g/mol. The first-order valence-corrected chi connectivity index (χ1v) is 8.34. The number of aromatic nitrogens is 1. The van der Waals surface area contributed by atoms with Gasteiger partial charge in [-0.15, -0.1) is 0 Å². The summed E-state index contributed by atoms with van der Waals surface area (Å²) in [7, 11) is 2.16. The molecule has 22 heavy (non-hydrogen) atoms. The molecule has 2 aromatic rings. The van der Waals surface area contributed by atoms with Crippen LogP contribution >= 0.6 is 11.8 Å². The first-order chi connectivity index (χ1) is 10.8. The Morgan fingerprint density at radius 2 is 1.91 bits per heavy atom. The van der Waals surface area contributed by atoms with E-state index in [0.29, 0.717) is 0 Å². The molecular formula is C17H21N3OS. The van der Waals surface area contributed by atoms with Gasteiger partial charge in [0.2, 0.25) is 0 Å². The van der Waals surface area contributed by atoms with Crippen molar-refractivity contribution in [1.82, 2.24) is 9.88 Å². The van der Waals surface area contributed by atoms with Crippen LogP contribution in [0.4, 0.5) is 5.69 Å². The molecule has 2 heterocycles. The average molecular weight is 315 g/mol. The molecule has 1 aliphatic rings. The van der Waals surface area contributed by atoms with Crippen LogP contribution in [0.2, 0.25) is 0 Å². The minimum absolute atomic E-state index is 0.0569. The zero-order valence-corrected chi connectivity index (χ0v) is 13.6. The van der Waals surface area contributed by atoms with Gasteiger partial charge in [0.25, 0.3) is 0 Å². The third kappa shape index (κ3) is 3.61. The molecule has 1 aliphatic heterocycles. The summed E-state index contributed by atoms with van der Waals surface area (Å²) in [5.41, 5.74) is 2.17. The minimum Gasteiger partial charge on any atom is -0.392 e. The molecule has 116 valence electrons. The van der Waals surface area contributed by atoms with E-state index >= 15 is 0 Å². The highest BCUT2D eigenvalue weighted by Crippen LogP contribution is 2.31. The predicted octanol–water partition coefficient (Wildman–Crippen LogP) is 2.48. The number of pyridine rings is 1. The Bertz CT molecular complexity index is 627. The first-order valence-electron chi connectivity index (χ1n) is 7.52. The number of hydrogen-bond acceptors (Lipinski definition) is 5. The molecule has 1 aromatic heterocycles. The Morgan fingerprint density at radius 3 is 2.68 bits per heavy atom. The molecule has 4 nitrogen and oxygen atoms in total. The predicted molar refractivity (Wildman–Crippen MR) is 90.4 cm³/mol. The van der Waals surface area contributed by atoms with Crippen LogP contribution < -0.4 is 4.90 Å². The summed E-state index contributed by atoms with van der Waals surface area (Å²) >= 11 is 1.61. The fraction of sp³-hybridized carbons (Fsp3) is 0.353. The Balaban J connectivity index is 1.76. The maximum Gasteiger partial charge on any atom is 0.103 e. The topological polar surface area (TPSA) is 39.6 Å².